The van der Waals surface area contributed by atoms with Gasteiger partial charge in [0, 0.05) is 19.0 Å². The van der Waals surface area contributed by atoms with Crippen LogP contribution in [0.5, 0.6) is 0 Å². The molecule has 0 aromatic carbocycles. The largest absolute Gasteiger partial charge is 0.481 e. The molecular formula is C13H26N2O3. The molecule has 0 rings (SSSR count). The van der Waals surface area contributed by atoms with Crippen molar-refractivity contribution in [1.82, 2.24) is 10.6 Å². The molecule has 0 radical (unpaired) electrons. The van der Waals surface area contributed by atoms with Crippen molar-refractivity contribution >= 4 is 11.9 Å². The van der Waals surface area contributed by atoms with Gasteiger partial charge in [0.1, 0.15) is 0 Å². The van der Waals surface area contributed by atoms with E-state index in [4.69, 9.17) is 0 Å². The van der Waals surface area contributed by atoms with Gasteiger partial charge in [-0.3, -0.25) is 9.59 Å². The lowest BCUT2D eigenvalue weighted by molar-refractivity contribution is -0.149. The van der Waals surface area contributed by atoms with Crippen molar-refractivity contribution in [3.8, 4) is 0 Å². The third kappa shape index (κ3) is 5.04. The Bertz CT molecular complexity index is 275. The summed E-state index contributed by atoms with van der Waals surface area (Å²) < 4.78 is 0. The number of hydrogen-bond acceptors (Lipinski definition) is 3. The Hall–Kier alpha value is -1.10. The number of carbonyl (C=O) groups is 2. The van der Waals surface area contributed by atoms with E-state index in [9.17, 15) is 14.7 Å². The van der Waals surface area contributed by atoms with Gasteiger partial charge in [0.05, 0.1) is 5.41 Å². The van der Waals surface area contributed by atoms with Crippen LogP contribution in [0.1, 0.15) is 47.0 Å². The zero-order valence-corrected chi connectivity index (χ0v) is 11.9. The first-order chi connectivity index (χ1) is 8.41. The molecule has 0 spiro atoms. The zero-order valence-electron chi connectivity index (χ0n) is 11.9. The molecule has 106 valence electrons. The molecule has 0 aliphatic heterocycles. The second-order valence-corrected chi connectivity index (χ2v) is 4.73. The number of rotatable bonds is 9. The number of hydrogen-bond donors (Lipinski definition) is 3. The molecule has 5 heteroatoms. The fraction of sp³-hybridized carbons (Fsp3) is 0.846. The number of carboxylic acids is 1. The van der Waals surface area contributed by atoms with Gasteiger partial charge >= 0.3 is 5.97 Å². The normalized spacial score (nSPS) is 13.1. The van der Waals surface area contributed by atoms with Crippen molar-refractivity contribution in [3.63, 3.8) is 0 Å². The van der Waals surface area contributed by atoms with Crippen molar-refractivity contribution in [1.29, 1.82) is 0 Å². The molecule has 0 bridgehead atoms. The van der Waals surface area contributed by atoms with Crippen LogP contribution in [0, 0.1) is 5.41 Å². The second-order valence-electron chi connectivity index (χ2n) is 4.73. The van der Waals surface area contributed by atoms with E-state index in [0.717, 1.165) is 6.54 Å². The van der Waals surface area contributed by atoms with Crippen LogP contribution in [0.2, 0.25) is 0 Å². The van der Waals surface area contributed by atoms with Gasteiger partial charge in [-0.25, -0.2) is 0 Å². The van der Waals surface area contributed by atoms with Crippen molar-refractivity contribution in [2.45, 2.75) is 53.0 Å². The van der Waals surface area contributed by atoms with Gasteiger partial charge in [0.25, 0.3) is 0 Å². The standard InChI is InChI=1S/C13H26N2O3/c1-5-13(6-2,12(17)18)9-15-11(16)8-10(4)14-7-3/h10,14H,5-9H2,1-4H3,(H,15,16)(H,17,18). The van der Waals surface area contributed by atoms with E-state index in [1.165, 1.54) is 0 Å². The molecule has 3 N–H and O–H groups in total. The Morgan fingerprint density at radius 2 is 1.78 bits per heavy atom. The van der Waals surface area contributed by atoms with E-state index in [-0.39, 0.29) is 18.5 Å². The minimum atomic E-state index is -0.840. The third-order valence-electron chi connectivity index (χ3n) is 3.48. The average Bonchev–Trinajstić information content (AvgIpc) is 2.30. The molecule has 0 aromatic heterocycles. The monoisotopic (exact) mass is 258 g/mol. The van der Waals surface area contributed by atoms with Gasteiger partial charge in [0.2, 0.25) is 5.91 Å². The first kappa shape index (κ1) is 16.9. The summed E-state index contributed by atoms with van der Waals surface area (Å²) in [5.41, 5.74) is -0.836. The molecule has 1 atom stereocenters. The lowest BCUT2D eigenvalue weighted by Crippen LogP contribution is -2.43. The molecule has 0 saturated carbocycles. The lowest BCUT2D eigenvalue weighted by Gasteiger charge is -2.27. The summed E-state index contributed by atoms with van der Waals surface area (Å²) in [6.45, 7) is 8.62. The zero-order chi connectivity index (χ0) is 14.2. The molecule has 0 fully saturated rings. The molecule has 0 aliphatic carbocycles. The lowest BCUT2D eigenvalue weighted by atomic mass is 9.82. The first-order valence-corrected chi connectivity index (χ1v) is 6.65. The molecule has 1 unspecified atom stereocenters. The van der Waals surface area contributed by atoms with Crippen LogP contribution in [0.4, 0.5) is 0 Å². The highest BCUT2D eigenvalue weighted by Gasteiger charge is 2.35. The third-order valence-corrected chi connectivity index (χ3v) is 3.48. The van der Waals surface area contributed by atoms with Gasteiger partial charge in [-0.15, -0.1) is 0 Å². The van der Waals surface area contributed by atoms with Crippen LogP contribution < -0.4 is 10.6 Å². The maximum atomic E-state index is 11.7. The Kier molecular flexibility index (Phi) is 7.59. The summed E-state index contributed by atoms with van der Waals surface area (Å²) in [7, 11) is 0. The van der Waals surface area contributed by atoms with Crippen molar-refractivity contribution < 1.29 is 14.7 Å². The molecule has 0 saturated heterocycles. The number of carbonyl (C=O) groups excluding carboxylic acids is 1. The number of amides is 1. The van der Waals surface area contributed by atoms with Crippen LogP contribution in [0.25, 0.3) is 0 Å². The molecule has 1 amide bonds. The quantitative estimate of drug-likeness (QED) is 0.584. The maximum Gasteiger partial charge on any atom is 0.311 e. The van der Waals surface area contributed by atoms with E-state index in [1.807, 2.05) is 27.7 Å². The highest BCUT2D eigenvalue weighted by Crippen LogP contribution is 2.25. The van der Waals surface area contributed by atoms with Gasteiger partial charge in [-0.1, -0.05) is 20.8 Å². The summed E-state index contributed by atoms with van der Waals surface area (Å²) >= 11 is 0. The summed E-state index contributed by atoms with van der Waals surface area (Å²) in [4.78, 5) is 22.9. The highest BCUT2D eigenvalue weighted by molar-refractivity contribution is 5.79. The Morgan fingerprint density at radius 1 is 1.22 bits per heavy atom. The minimum absolute atomic E-state index is 0.101. The fourth-order valence-corrected chi connectivity index (χ4v) is 1.92. The van der Waals surface area contributed by atoms with Crippen molar-refractivity contribution in [3.05, 3.63) is 0 Å². The summed E-state index contributed by atoms with van der Waals surface area (Å²) in [6, 6.07) is 0.109. The SMILES string of the molecule is CCNC(C)CC(=O)NCC(CC)(CC)C(=O)O. The fourth-order valence-electron chi connectivity index (χ4n) is 1.92. The second kappa shape index (κ2) is 8.08. The van der Waals surface area contributed by atoms with Crippen molar-refractivity contribution in [2.24, 2.45) is 5.41 Å². The van der Waals surface area contributed by atoms with E-state index in [2.05, 4.69) is 10.6 Å². The topological polar surface area (TPSA) is 78.4 Å². The summed E-state index contributed by atoms with van der Waals surface area (Å²) in [6.07, 6.45) is 1.40. The number of nitrogens with one attached hydrogen (secondary N) is 2. The van der Waals surface area contributed by atoms with E-state index >= 15 is 0 Å². The van der Waals surface area contributed by atoms with Gasteiger partial charge in [0.15, 0.2) is 0 Å². The molecule has 5 nitrogen and oxygen atoms in total. The van der Waals surface area contributed by atoms with Gasteiger partial charge < -0.3 is 15.7 Å². The summed E-state index contributed by atoms with van der Waals surface area (Å²) in [5.74, 6) is -0.941. The first-order valence-electron chi connectivity index (χ1n) is 6.65. The van der Waals surface area contributed by atoms with E-state index in [1.54, 1.807) is 0 Å². The maximum absolute atomic E-state index is 11.7. The molecule has 0 aliphatic rings. The Morgan fingerprint density at radius 3 is 2.17 bits per heavy atom. The minimum Gasteiger partial charge on any atom is -0.481 e. The van der Waals surface area contributed by atoms with Crippen LogP contribution in [0.3, 0.4) is 0 Å². The van der Waals surface area contributed by atoms with Crippen LogP contribution >= 0.6 is 0 Å². The van der Waals surface area contributed by atoms with Crippen LogP contribution in [-0.2, 0) is 9.59 Å². The number of carboxylic acid groups (broad SMARTS) is 1. The molecule has 18 heavy (non-hydrogen) atoms. The van der Waals surface area contributed by atoms with E-state index in [0.29, 0.717) is 19.3 Å². The van der Waals surface area contributed by atoms with Crippen molar-refractivity contribution in [2.75, 3.05) is 13.1 Å². The molecule has 0 aromatic rings. The smallest absolute Gasteiger partial charge is 0.311 e. The molecule has 0 heterocycles. The number of aliphatic carboxylic acids is 1. The van der Waals surface area contributed by atoms with Crippen LogP contribution in [-0.4, -0.2) is 36.1 Å². The Labute approximate surface area is 109 Å². The Balaban J connectivity index is 4.28. The summed E-state index contributed by atoms with van der Waals surface area (Å²) in [5, 5.41) is 15.1. The van der Waals surface area contributed by atoms with Gasteiger partial charge in [-0.2, -0.15) is 0 Å². The highest BCUT2D eigenvalue weighted by atomic mass is 16.4. The predicted octanol–water partition coefficient (Wildman–Crippen LogP) is 1.38. The van der Waals surface area contributed by atoms with Gasteiger partial charge in [-0.05, 0) is 26.3 Å². The average molecular weight is 258 g/mol. The van der Waals surface area contributed by atoms with Crippen LogP contribution in [0.15, 0.2) is 0 Å². The molecular weight excluding hydrogens is 232 g/mol. The predicted molar refractivity (Wildman–Crippen MR) is 71.4 cm³/mol. The van der Waals surface area contributed by atoms with E-state index < -0.39 is 11.4 Å².